The van der Waals surface area contributed by atoms with Gasteiger partial charge in [-0.15, -0.1) is 0 Å². The predicted molar refractivity (Wildman–Crippen MR) is 82.1 cm³/mol. The molecule has 0 bridgehead atoms. The topological polar surface area (TPSA) is 46.9 Å². The third kappa shape index (κ3) is 2.89. The fourth-order valence-corrected chi connectivity index (χ4v) is 3.31. The number of aryl methyl sites for hydroxylation is 1. The molecule has 1 amide bonds. The normalized spacial score (nSPS) is 16.6. The number of benzene rings is 1. The van der Waals surface area contributed by atoms with Gasteiger partial charge < -0.3 is 5.32 Å². The molecule has 1 fully saturated rings. The summed E-state index contributed by atoms with van der Waals surface area (Å²) in [6.07, 6.45) is 7.58. The van der Waals surface area contributed by atoms with Crippen molar-refractivity contribution in [3.8, 4) is 0 Å². The number of carbonyl (C=O) groups excluding carboxylic acids is 1. The first-order valence-corrected chi connectivity index (χ1v) is 7.62. The first-order valence-electron chi connectivity index (χ1n) is 7.62. The van der Waals surface area contributed by atoms with E-state index in [-0.39, 0.29) is 17.1 Å². The smallest absolute Gasteiger partial charge is 0.254 e. The van der Waals surface area contributed by atoms with Gasteiger partial charge in [0.25, 0.3) is 5.91 Å². The zero-order chi connectivity index (χ0) is 15.6. The van der Waals surface area contributed by atoms with Crippen molar-refractivity contribution in [2.24, 2.45) is 7.05 Å². The molecular formula is C17H20FN3O. The lowest BCUT2D eigenvalue weighted by Gasteiger charge is -2.30. The standard InChI is InChI=1S/C17H20FN3O/c1-21-11-13(10-20-21)16(22)19-12-17(8-2-3-9-17)14-4-6-15(18)7-5-14/h4-7,10-11H,2-3,8-9,12H2,1H3,(H,19,22). The first-order chi connectivity index (χ1) is 10.6. The Morgan fingerprint density at radius 3 is 2.59 bits per heavy atom. The Bertz CT molecular complexity index is 657. The maximum absolute atomic E-state index is 13.2. The van der Waals surface area contributed by atoms with Crippen LogP contribution in [0.4, 0.5) is 4.39 Å². The molecule has 1 aliphatic rings. The minimum Gasteiger partial charge on any atom is -0.351 e. The van der Waals surface area contributed by atoms with E-state index in [0.29, 0.717) is 12.1 Å². The molecule has 1 heterocycles. The van der Waals surface area contributed by atoms with E-state index in [4.69, 9.17) is 0 Å². The summed E-state index contributed by atoms with van der Waals surface area (Å²) in [5.41, 5.74) is 1.60. The summed E-state index contributed by atoms with van der Waals surface area (Å²) in [5.74, 6) is -0.335. The van der Waals surface area contributed by atoms with Crippen molar-refractivity contribution in [1.82, 2.24) is 15.1 Å². The monoisotopic (exact) mass is 301 g/mol. The number of hydrogen-bond donors (Lipinski definition) is 1. The molecule has 0 radical (unpaired) electrons. The van der Waals surface area contributed by atoms with Crippen LogP contribution in [0.3, 0.4) is 0 Å². The highest BCUT2D eigenvalue weighted by molar-refractivity contribution is 5.93. The molecule has 5 heteroatoms. The van der Waals surface area contributed by atoms with E-state index in [1.807, 2.05) is 12.1 Å². The number of amides is 1. The van der Waals surface area contributed by atoms with Gasteiger partial charge >= 0.3 is 0 Å². The van der Waals surface area contributed by atoms with Crippen LogP contribution in [0.15, 0.2) is 36.7 Å². The summed E-state index contributed by atoms with van der Waals surface area (Å²) in [6, 6.07) is 6.68. The second kappa shape index (κ2) is 5.91. The molecule has 1 N–H and O–H groups in total. The predicted octanol–water partition coefficient (Wildman–Crippen LogP) is 2.80. The number of nitrogens with one attached hydrogen (secondary N) is 1. The van der Waals surface area contributed by atoms with Crippen molar-refractivity contribution in [1.29, 1.82) is 0 Å². The van der Waals surface area contributed by atoms with Gasteiger partial charge in [0.1, 0.15) is 5.82 Å². The van der Waals surface area contributed by atoms with E-state index in [0.717, 1.165) is 31.2 Å². The van der Waals surface area contributed by atoms with Crippen LogP contribution >= 0.6 is 0 Å². The third-order valence-electron chi connectivity index (χ3n) is 4.57. The zero-order valence-corrected chi connectivity index (χ0v) is 12.7. The highest BCUT2D eigenvalue weighted by Crippen LogP contribution is 2.40. The Labute approximate surface area is 129 Å². The number of hydrogen-bond acceptors (Lipinski definition) is 2. The van der Waals surface area contributed by atoms with Crippen LogP contribution in [0.2, 0.25) is 0 Å². The van der Waals surface area contributed by atoms with Gasteiger partial charge in [-0.3, -0.25) is 9.48 Å². The molecule has 1 aromatic carbocycles. The molecule has 2 aromatic rings. The van der Waals surface area contributed by atoms with Gasteiger partial charge in [-0.25, -0.2) is 4.39 Å². The van der Waals surface area contributed by atoms with Crippen LogP contribution in [0.1, 0.15) is 41.6 Å². The SMILES string of the molecule is Cn1cc(C(=O)NCC2(c3ccc(F)cc3)CCCC2)cn1. The van der Waals surface area contributed by atoms with E-state index in [2.05, 4.69) is 10.4 Å². The Hall–Kier alpha value is -2.17. The molecular weight excluding hydrogens is 281 g/mol. The van der Waals surface area contributed by atoms with E-state index in [1.165, 1.54) is 12.1 Å². The minimum absolute atomic E-state index is 0.0778. The van der Waals surface area contributed by atoms with Gasteiger partial charge in [0.2, 0.25) is 0 Å². The summed E-state index contributed by atoms with van der Waals surface area (Å²) < 4.78 is 14.8. The molecule has 0 spiro atoms. The second-order valence-corrected chi connectivity index (χ2v) is 6.08. The molecule has 0 atom stereocenters. The van der Waals surface area contributed by atoms with Gasteiger partial charge in [-0.1, -0.05) is 25.0 Å². The average Bonchev–Trinajstić information content (AvgIpc) is 3.15. The van der Waals surface area contributed by atoms with Crippen molar-refractivity contribution in [3.05, 3.63) is 53.6 Å². The second-order valence-electron chi connectivity index (χ2n) is 6.08. The van der Waals surface area contributed by atoms with Crippen LogP contribution in [-0.2, 0) is 12.5 Å². The summed E-state index contributed by atoms with van der Waals surface area (Å²) in [6.45, 7) is 0.576. The number of aromatic nitrogens is 2. The van der Waals surface area contributed by atoms with Crippen LogP contribution < -0.4 is 5.32 Å². The van der Waals surface area contributed by atoms with E-state index < -0.39 is 0 Å². The minimum atomic E-state index is -0.226. The Morgan fingerprint density at radius 1 is 1.32 bits per heavy atom. The number of carbonyl (C=O) groups is 1. The molecule has 0 saturated heterocycles. The summed E-state index contributed by atoms with van der Waals surface area (Å²) >= 11 is 0. The highest BCUT2D eigenvalue weighted by atomic mass is 19.1. The lowest BCUT2D eigenvalue weighted by molar-refractivity contribution is 0.0943. The average molecular weight is 301 g/mol. The van der Waals surface area contributed by atoms with Gasteiger partial charge in [0, 0.05) is 25.2 Å². The van der Waals surface area contributed by atoms with Gasteiger partial charge in [0.05, 0.1) is 11.8 Å². The maximum atomic E-state index is 13.2. The van der Waals surface area contributed by atoms with Crippen LogP contribution in [0, 0.1) is 5.82 Å². The fourth-order valence-electron chi connectivity index (χ4n) is 3.31. The Balaban J connectivity index is 1.74. The molecule has 3 rings (SSSR count). The molecule has 1 saturated carbocycles. The summed E-state index contributed by atoms with van der Waals surface area (Å²) in [7, 11) is 1.79. The lowest BCUT2D eigenvalue weighted by atomic mass is 9.78. The van der Waals surface area contributed by atoms with Crippen molar-refractivity contribution in [2.45, 2.75) is 31.1 Å². The Kier molecular flexibility index (Phi) is 3.96. The van der Waals surface area contributed by atoms with E-state index >= 15 is 0 Å². The third-order valence-corrected chi connectivity index (χ3v) is 4.57. The summed E-state index contributed by atoms with van der Waals surface area (Å²) in [4.78, 5) is 12.2. The molecule has 116 valence electrons. The van der Waals surface area contributed by atoms with E-state index in [1.54, 1.807) is 24.1 Å². The largest absolute Gasteiger partial charge is 0.351 e. The number of halogens is 1. The van der Waals surface area contributed by atoms with Crippen LogP contribution in [-0.4, -0.2) is 22.2 Å². The summed E-state index contributed by atoms with van der Waals surface area (Å²) in [5, 5.41) is 7.04. The molecule has 1 aromatic heterocycles. The molecule has 0 aliphatic heterocycles. The van der Waals surface area contributed by atoms with Crippen molar-refractivity contribution >= 4 is 5.91 Å². The highest BCUT2D eigenvalue weighted by Gasteiger charge is 2.36. The Morgan fingerprint density at radius 2 is 2.00 bits per heavy atom. The van der Waals surface area contributed by atoms with Crippen molar-refractivity contribution < 1.29 is 9.18 Å². The zero-order valence-electron chi connectivity index (χ0n) is 12.7. The first kappa shape index (κ1) is 14.8. The van der Waals surface area contributed by atoms with E-state index in [9.17, 15) is 9.18 Å². The van der Waals surface area contributed by atoms with Crippen molar-refractivity contribution in [3.63, 3.8) is 0 Å². The fraction of sp³-hybridized carbons (Fsp3) is 0.412. The molecule has 4 nitrogen and oxygen atoms in total. The molecule has 1 aliphatic carbocycles. The maximum Gasteiger partial charge on any atom is 0.254 e. The molecule has 22 heavy (non-hydrogen) atoms. The number of nitrogens with zero attached hydrogens (tertiary/aromatic N) is 2. The lowest BCUT2D eigenvalue weighted by Crippen LogP contribution is -2.39. The van der Waals surface area contributed by atoms with Gasteiger partial charge in [0.15, 0.2) is 0 Å². The van der Waals surface area contributed by atoms with Crippen molar-refractivity contribution in [2.75, 3.05) is 6.54 Å². The quantitative estimate of drug-likeness (QED) is 0.944. The van der Waals surface area contributed by atoms with Gasteiger partial charge in [-0.2, -0.15) is 5.10 Å². The van der Waals surface area contributed by atoms with Gasteiger partial charge in [-0.05, 0) is 30.5 Å². The molecule has 0 unspecified atom stereocenters. The number of rotatable bonds is 4. The van der Waals surface area contributed by atoms with Crippen LogP contribution in [0.25, 0.3) is 0 Å². The van der Waals surface area contributed by atoms with Crippen LogP contribution in [0.5, 0.6) is 0 Å².